The highest BCUT2D eigenvalue weighted by molar-refractivity contribution is 6.06. The lowest BCUT2D eigenvalue weighted by Crippen LogP contribution is -2.28. The van der Waals surface area contributed by atoms with Crippen LogP contribution >= 0.6 is 0 Å². The first-order valence-corrected chi connectivity index (χ1v) is 8.51. The van der Waals surface area contributed by atoms with Gasteiger partial charge in [0.2, 0.25) is 0 Å². The first-order chi connectivity index (χ1) is 12.5. The number of likely N-dealkylation sites (tertiary alicyclic amines) is 1. The van der Waals surface area contributed by atoms with Gasteiger partial charge >= 0.3 is 5.97 Å². The summed E-state index contributed by atoms with van der Waals surface area (Å²) >= 11 is 0. The standard InChI is InChI=1S/C20H20N2O4/c1-13-16(19(24)22-11-2-3-12-22)5-4-6-17(13)21-18(23)14-7-9-15(10-8-14)20(25)26/h4-10H,2-3,11-12H2,1H3,(H,21,23)(H,25,26). The van der Waals surface area contributed by atoms with Crippen LogP contribution in [-0.2, 0) is 0 Å². The molecule has 0 atom stereocenters. The third-order valence-corrected chi connectivity index (χ3v) is 4.60. The van der Waals surface area contributed by atoms with Gasteiger partial charge in [0, 0.05) is 29.9 Å². The number of nitrogens with one attached hydrogen (secondary N) is 1. The zero-order valence-corrected chi connectivity index (χ0v) is 14.5. The molecule has 0 saturated carbocycles. The lowest BCUT2D eigenvalue weighted by Gasteiger charge is -2.18. The van der Waals surface area contributed by atoms with Gasteiger partial charge in [0.1, 0.15) is 0 Å². The van der Waals surface area contributed by atoms with Crippen molar-refractivity contribution >= 4 is 23.5 Å². The topological polar surface area (TPSA) is 86.7 Å². The fourth-order valence-electron chi connectivity index (χ4n) is 3.05. The zero-order valence-electron chi connectivity index (χ0n) is 14.5. The maximum atomic E-state index is 12.6. The molecular weight excluding hydrogens is 332 g/mol. The van der Waals surface area contributed by atoms with Crippen molar-refractivity contribution in [3.05, 3.63) is 64.7 Å². The molecule has 0 aromatic heterocycles. The molecule has 0 bridgehead atoms. The molecule has 2 aromatic rings. The molecule has 6 nitrogen and oxygen atoms in total. The molecule has 6 heteroatoms. The van der Waals surface area contributed by atoms with Crippen molar-refractivity contribution in [3.8, 4) is 0 Å². The maximum Gasteiger partial charge on any atom is 0.335 e. The monoisotopic (exact) mass is 352 g/mol. The van der Waals surface area contributed by atoms with Crippen molar-refractivity contribution in [2.45, 2.75) is 19.8 Å². The van der Waals surface area contributed by atoms with Crippen LogP contribution in [0.3, 0.4) is 0 Å². The average molecular weight is 352 g/mol. The number of carbonyl (C=O) groups excluding carboxylic acids is 2. The van der Waals surface area contributed by atoms with Crippen LogP contribution in [0.1, 0.15) is 49.5 Å². The van der Waals surface area contributed by atoms with Gasteiger partial charge in [-0.2, -0.15) is 0 Å². The normalized spacial score (nSPS) is 13.5. The molecule has 3 rings (SSSR count). The van der Waals surface area contributed by atoms with Gasteiger partial charge in [0.05, 0.1) is 5.56 Å². The predicted octanol–water partition coefficient (Wildman–Crippen LogP) is 3.18. The summed E-state index contributed by atoms with van der Waals surface area (Å²) < 4.78 is 0. The smallest absolute Gasteiger partial charge is 0.335 e. The number of hydrogen-bond donors (Lipinski definition) is 2. The summed E-state index contributed by atoms with van der Waals surface area (Å²) in [5.41, 5.74) is 2.36. The minimum Gasteiger partial charge on any atom is -0.478 e. The molecule has 1 saturated heterocycles. The number of rotatable bonds is 4. The van der Waals surface area contributed by atoms with Gasteiger partial charge in [-0.3, -0.25) is 9.59 Å². The van der Waals surface area contributed by atoms with Crippen molar-refractivity contribution in [3.63, 3.8) is 0 Å². The van der Waals surface area contributed by atoms with E-state index in [2.05, 4.69) is 5.32 Å². The van der Waals surface area contributed by atoms with E-state index in [1.54, 1.807) is 18.2 Å². The number of carboxylic acid groups (broad SMARTS) is 1. The summed E-state index contributed by atoms with van der Waals surface area (Å²) in [6.07, 6.45) is 2.04. The lowest BCUT2D eigenvalue weighted by atomic mass is 10.0. The minimum atomic E-state index is -1.04. The quantitative estimate of drug-likeness (QED) is 0.885. The number of carbonyl (C=O) groups is 3. The molecule has 0 spiro atoms. The molecule has 1 heterocycles. The van der Waals surface area contributed by atoms with Gasteiger partial charge in [-0.25, -0.2) is 4.79 Å². The van der Waals surface area contributed by atoms with Crippen LogP contribution in [0, 0.1) is 6.92 Å². The number of anilines is 1. The summed E-state index contributed by atoms with van der Waals surface area (Å²) in [7, 11) is 0. The summed E-state index contributed by atoms with van der Waals surface area (Å²) in [4.78, 5) is 37.8. The Hall–Kier alpha value is -3.15. The van der Waals surface area contributed by atoms with Crippen molar-refractivity contribution < 1.29 is 19.5 Å². The molecule has 2 aromatic carbocycles. The molecule has 1 fully saturated rings. The maximum absolute atomic E-state index is 12.6. The van der Waals surface area contributed by atoms with E-state index in [9.17, 15) is 14.4 Å². The third kappa shape index (κ3) is 3.59. The molecule has 1 aliphatic heterocycles. The molecule has 2 N–H and O–H groups in total. The first kappa shape index (κ1) is 17.7. The number of amides is 2. The molecule has 26 heavy (non-hydrogen) atoms. The predicted molar refractivity (Wildman–Crippen MR) is 97.7 cm³/mol. The van der Waals surface area contributed by atoms with Crippen LogP contribution in [0.15, 0.2) is 42.5 Å². The molecule has 1 aliphatic rings. The molecular formula is C20H20N2O4. The van der Waals surface area contributed by atoms with E-state index < -0.39 is 5.97 Å². The van der Waals surface area contributed by atoms with Crippen LogP contribution in [0.5, 0.6) is 0 Å². The van der Waals surface area contributed by atoms with E-state index in [1.807, 2.05) is 11.8 Å². The Balaban J connectivity index is 1.79. The van der Waals surface area contributed by atoms with Crippen LogP contribution < -0.4 is 5.32 Å². The van der Waals surface area contributed by atoms with Gasteiger partial charge in [-0.15, -0.1) is 0 Å². The molecule has 0 aliphatic carbocycles. The molecule has 0 radical (unpaired) electrons. The summed E-state index contributed by atoms with van der Waals surface area (Å²) in [6, 6.07) is 11.0. The van der Waals surface area contributed by atoms with E-state index in [0.29, 0.717) is 16.8 Å². The second-order valence-electron chi connectivity index (χ2n) is 6.31. The number of aromatic carboxylic acids is 1. The Kier molecular flexibility index (Phi) is 5.02. The lowest BCUT2D eigenvalue weighted by molar-refractivity contribution is 0.0695. The van der Waals surface area contributed by atoms with E-state index in [1.165, 1.54) is 24.3 Å². The Morgan fingerprint density at radius 1 is 0.962 bits per heavy atom. The van der Waals surface area contributed by atoms with E-state index in [0.717, 1.165) is 31.5 Å². The summed E-state index contributed by atoms with van der Waals surface area (Å²) in [5, 5.41) is 11.7. The third-order valence-electron chi connectivity index (χ3n) is 4.60. The van der Waals surface area contributed by atoms with E-state index >= 15 is 0 Å². The van der Waals surface area contributed by atoms with Crippen molar-refractivity contribution in [1.82, 2.24) is 4.90 Å². The Labute approximate surface area is 151 Å². The van der Waals surface area contributed by atoms with Crippen molar-refractivity contribution in [2.75, 3.05) is 18.4 Å². The van der Waals surface area contributed by atoms with E-state index in [4.69, 9.17) is 5.11 Å². The Morgan fingerprint density at radius 2 is 1.58 bits per heavy atom. The van der Waals surface area contributed by atoms with Crippen LogP contribution in [-0.4, -0.2) is 40.9 Å². The van der Waals surface area contributed by atoms with Crippen LogP contribution in [0.25, 0.3) is 0 Å². The average Bonchev–Trinajstić information content (AvgIpc) is 3.17. The molecule has 134 valence electrons. The van der Waals surface area contributed by atoms with Crippen LogP contribution in [0.4, 0.5) is 5.69 Å². The largest absolute Gasteiger partial charge is 0.478 e. The second-order valence-corrected chi connectivity index (χ2v) is 6.31. The number of nitrogens with zero attached hydrogens (tertiary/aromatic N) is 1. The SMILES string of the molecule is Cc1c(NC(=O)c2ccc(C(=O)O)cc2)cccc1C(=O)N1CCCC1. The fourth-order valence-corrected chi connectivity index (χ4v) is 3.05. The zero-order chi connectivity index (χ0) is 18.7. The van der Waals surface area contributed by atoms with Gasteiger partial charge in [0.25, 0.3) is 11.8 Å². The number of benzene rings is 2. The van der Waals surface area contributed by atoms with Gasteiger partial charge < -0.3 is 15.3 Å². The Bertz CT molecular complexity index is 853. The highest BCUT2D eigenvalue weighted by Crippen LogP contribution is 2.23. The highest BCUT2D eigenvalue weighted by Gasteiger charge is 2.22. The molecule has 2 amide bonds. The van der Waals surface area contributed by atoms with Gasteiger partial charge in [-0.1, -0.05) is 6.07 Å². The van der Waals surface area contributed by atoms with Crippen molar-refractivity contribution in [1.29, 1.82) is 0 Å². The second kappa shape index (κ2) is 7.39. The van der Waals surface area contributed by atoms with Gasteiger partial charge in [-0.05, 0) is 61.7 Å². The molecule has 0 unspecified atom stereocenters. The number of carboxylic acids is 1. The first-order valence-electron chi connectivity index (χ1n) is 8.51. The van der Waals surface area contributed by atoms with Crippen LogP contribution in [0.2, 0.25) is 0 Å². The van der Waals surface area contributed by atoms with E-state index in [-0.39, 0.29) is 17.4 Å². The van der Waals surface area contributed by atoms with Crippen molar-refractivity contribution in [2.24, 2.45) is 0 Å². The van der Waals surface area contributed by atoms with Gasteiger partial charge in [0.15, 0.2) is 0 Å². The number of hydrogen-bond acceptors (Lipinski definition) is 3. The summed E-state index contributed by atoms with van der Waals surface area (Å²) in [5.74, 6) is -1.40. The highest BCUT2D eigenvalue weighted by atomic mass is 16.4. The fraction of sp³-hybridized carbons (Fsp3) is 0.250. The summed E-state index contributed by atoms with van der Waals surface area (Å²) in [6.45, 7) is 3.35. The minimum absolute atomic E-state index is 0.0121. The Morgan fingerprint density at radius 3 is 2.19 bits per heavy atom.